The van der Waals surface area contributed by atoms with E-state index >= 15 is 0 Å². The maximum atomic E-state index is 11.9. The molecule has 2 rings (SSSR count). The van der Waals surface area contributed by atoms with Crippen molar-refractivity contribution in [3.05, 3.63) is 24.0 Å². The molecule has 0 unspecified atom stereocenters. The van der Waals surface area contributed by atoms with E-state index in [2.05, 4.69) is 10.3 Å². The maximum Gasteiger partial charge on any atom is 0.260 e. The number of hydrogen-bond donors (Lipinski definition) is 1. The number of piperidine rings is 1. The standard InChI is InChI=1S/C14H21N3O2/c1-15-9-12-5-6-13(10-16-12)19-11-14(18)17-7-3-2-4-8-17/h5-6,10,15H,2-4,7-9,11H2,1H3. The van der Waals surface area contributed by atoms with Gasteiger partial charge in [-0.05, 0) is 38.4 Å². The van der Waals surface area contributed by atoms with Crippen LogP contribution in [0.2, 0.25) is 0 Å². The zero-order valence-electron chi connectivity index (χ0n) is 11.4. The molecule has 5 nitrogen and oxygen atoms in total. The van der Waals surface area contributed by atoms with Crippen LogP contribution < -0.4 is 10.1 Å². The van der Waals surface area contributed by atoms with E-state index in [4.69, 9.17) is 4.74 Å². The Kier molecular flexibility index (Phi) is 5.15. The molecule has 0 radical (unpaired) electrons. The van der Waals surface area contributed by atoms with E-state index in [1.165, 1.54) is 6.42 Å². The van der Waals surface area contributed by atoms with Gasteiger partial charge in [0.1, 0.15) is 5.75 Å². The van der Waals surface area contributed by atoms with E-state index in [9.17, 15) is 4.79 Å². The predicted molar refractivity (Wildman–Crippen MR) is 72.9 cm³/mol. The molecule has 1 fully saturated rings. The average molecular weight is 263 g/mol. The van der Waals surface area contributed by atoms with Crippen LogP contribution in [-0.4, -0.2) is 42.5 Å². The Bertz CT molecular complexity index is 400. The van der Waals surface area contributed by atoms with Gasteiger partial charge in [-0.15, -0.1) is 0 Å². The number of amides is 1. The Morgan fingerprint density at radius 2 is 2.16 bits per heavy atom. The van der Waals surface area contributed by atoms with Crippen LogP contribution >= 0.6 is 0 Å². The summed E-state index contributed by atoms with van der Waals surface area (Å²) < 4.78 is 5.48. The molecule has 104 valence electrons. The van der Waals surface area contributed by atoms with Crippen molar-refractivity contribution in [3.63, 3.8) is 0 Å². The largest absolute Gasteiger partial charge is 0.482 e. The molecule has 5 heteroatoms. The summed E-state index contributed by atoms with van der Waals surface area (Å²) >= 11 is 0. The summed E-state index contributed by atoms with van der Waals surface area (Å²) in [5, 5.41) is 3.03. The molecule has 19 heavy (non-hydrogen) atoms. The molecule has 0 spiro atoms. The average Bonchev–Trinajstić information content (AvgIpc) is 2.47. The Labute approximate surface area is 114 Å². The zero-order valence-corrected chi connectivity index (χ0v) is 11.4. The highest BCUT2D eigenvalue weighted by Crippen LogP contribution is 2.11. The third kappa shape index (κ3) is 4.21. The van der Waals surface area contributed by atoms with E-state index in [1.807, 2.05) is 24.1 Å². The third-order valence-electron chi connectivity index (χ3n) is 3.23. The van der Waals surface area contributed by atoms with Gasteiger partial charge in [0.05, 0.1) is 11.9 Å². The Morgan fingerprint density at radius 1 is 1.37 bits per heavy atom. The second kappa shape index (κ2) is 7.09. The van der Waals surface area contributed by atoms with Gasteiger partial charge in [-0.3, -0.25) is 9.78 Å². The van der Waals surface area contributed by atoms with Crippen LogP contribution in [0.15, 0.2) is 18.3 Å². The third-order valence-corrected chi connectivity index (χ3v) is 3.23. The lowest BCUT2D eigenvalue weighted by Crippen LogP contribution is -2.38. The Balaban J connectivity index is 1.79. The van der Waals surface area contributed by atoms with Gasteiger partial charge in [-0.1, -0.05) is 0 Å². The van der Waals surface area contributed by atoms with Gasteiger partial charge in [0.25, 0.3) is 5.91 Å². The van der Waals surface area contributed by atoms with Crippen molar-refractivity contribution in [1.29, 1.82) is 0 Å². The van der Waals surface area contributed by atoms with E-state index < -0.39 is 0 Å². The van der Waals surface area contributed by atoms with Crippen molar-refractivity contribution in [1.82, 2.24) is 15.2 Å². The maximum absolute atomic E-state index is 11.9. The van der Waals surface area contributed by atoms with E-state index in [1.54, 1.807) is 6.20 Å². The minimum Gasteiger partial charge on any atom is -0.482 e. The minimum atomic E-state index is 0.0685. The fourth-order valence-corrected chi connectivity index (χ4v) is 2.16. The molecule has 2 heterocycles. The van der Waals surface area contributed by atoms with Crippen LogP contribution in [0.1, 0.15) is 25.0 Å². The summed E-state index contributed by atoms with van der Waals surface area (Å²) in [6.45, 7) is 2.56. The van der Waals surface area contributed by atoms with E-state index in [0.29, 0.717) is 5.75 Å². The molecule has 1 saturated heterocycles. The second-order valence-corrected chi connectivity index (χ2v) is 4.75. The minimum absolute atomic E-state index is 0.0685. The normalized spacial score (nSPS) is 15.3. The number of likely N-dealkylation sites (tertiary alicyclic amines) is 1. The quantitative estimate of drug-likeness (QED) is 0.867. The van der Waals surface area contributed by atoms with Gasteiger partial charge in [0.15, 0.2) is 6.61 Å². The topological polar surface area (TPSA) is 54.5 Å². The molecule has 1 aromatic heterocycles. The number of rotatable bonds is 5. The van der Waals surface area contributed by atoms with Gasteiger partial charge in [0.2, 0.25) is 0 Å². The number of nitrogens with zero attached hydrogens (tertiary/aromatic N) is 2. The van der Waals surface area contributed by atoms with E-state index in [0.717, 1.165) is 38.2 Å². The number of carbonyl (C=O) groups excluding carboxylic acids is 1. The van der Waals surface area contributed by atoms with Crippen LogP contribution in [0.3, 0.4) is 0 Å². The SMILES string of the molecule is CNCc1ccc(OCC(=O)N2CCCCC2)cn1. The lowest BCUT2D eigenvalue weighted by atomic mass is 10.1. The smallest absolute Gasteiger partial charge is 0.260 e. The molecule has 1 aliphatic heterocycles. The second-order valence-electron chi connectivity index (χ2n) is 4.75. The predicted octanol–water partition coefficient (Wildman–Crippen LogP) is 1.19. The highest BCUT2D eigenvalue weighted by molar-refractivity contribution is 5.77. The fraction of sp³-hybridized carbons (Fsp3) is 0.571. The van der Waals surface area contributed by atoms with Crippen molar-refractivity contribution >= 4 is 5.91 Å². The Morgan fingerprint density at radius 3 is 2.79 bits per heavy atom. The summed E-state index contributed by atoms with van der Waals surface area (Å²) in [6.07, 6.45) is 5.09. The van der Waals surface area contributed by atoms with Crippen LogP contribution in [-0.2, 0) is 11.3 Å². The Hall–Kier alpha value is -1.62. The molecule has 0 saturated carbocycles. The molecule has 1 aliphatic rings. The monoisotopic (exact) mass is 263 g/mol. The molecule has 0 aliphatic carbocycles. The molecule has 0 bridgehead atoms. The molecule has 1 amide bonds. The molecular weight excluding hydrogens is 242 g/mol. The fourth-order valence-electron chi connectivity index (χ4n) is 2.16. The highest BCUT2D eigenvalue weighted by atomic mass is 16.5. The van der Waals surface area contributed by atoms with Crippen LogP contribution in [0.5, 0.6) is 5.75 Å². The lowest BCUT2D eigenvalue weighted by Gasteiger charge is -2.26. The van der Waals surface area contributed by atoms with Gasteiger partial charge < -0.3 is 15.0 Å². The van der Waals surface area contributed by atoms with Gasteiger partial charge in [-0.25, -0.2) is 0 Å². The number of carbonyl (C=O) groups is 1. The number of nitrogens with one attached hydrogen (secondary N) is 1. The lowest BCUT2D eigenvalue weighted by molar-refractivity contribution is -0.134. The van der Waals surface area contributed by atoms with Crippen LogP contribution in [0.4, 0.5) is 0 Å². The summed E-state index contributed by atoms with van der Waals surface area (Å²) in [5.41, 5.74) is 0.956. The van der Waals surface area contributed by atoms with Crippen molar-refractivity contribution in [3.8, 4) is 5.75 Å². The first kappa shape index (κ1) is 13.8. The van der Waals surface area contributed by atoms with Crippen molar-refractivity contribution in [2.24, 2.45) is 0 Å². The molecular formula is C14H21N3O2. The number of hydrogen-bond acceptors (Lipinski definition) is 4. The summed E-state index contributed by atoms with van der Waals surface area (Å²) in [5.74, 6) is 0.712. The first-order chi connectivity index (χ1) is 9.29. The van der Waals surface area contributed by atoms with E-state index in [-0.39, 0.29) is 12.5 Å². The van der Waals surface area contributed by atoms with Crippen molar-refractivity contribution < 1.29 is 9.53 Å². The molecule has 1 N–H and O–H groups in total. The number of pyridine rings is 1. The first-order valence-corrected chi connectivity index (χ1v) is 6.79. The summed E-state index contributed by atoms with van der Waals surface area (Å²) in [7, 11) is 1.88. The van der Waals surface area contributed by atoms with Gasteiger partial charge in [0, 0.05) is 19.6 Å². The number of ether oxygens (including phenoxy) is 1. The zero-order chi connectivity index (χ0) is 13.5. The van der Waals surface area contributed by atoms with Gasteiger partial charge in [-0.2, -0.15) is 0 Å². The van der Waals surface area contributed by atoms with Crippen molar-refractivity contribution in [2.45, 2.75) is 25.8 Å². The summed E-state index contributed by atoms with van der Waals surface area (Å²) in [6, 6.07) is 3.75. The van der Waals surface area contributed by atoms with Crippen molar-refractivity contribution in [2.75, 3.05) is 26.7 Å². The highest BCUT2D eigenvalue weighted by Gasteiger charge is 2.16. The molecule has 0 aromatic carbocycles. The van der Waals surface area contributed by atoms with Crippen LogP contribution in [0.25, 0.3) is 0 Å². The van der Waals surface area contributed by atoms with Gasteiger partial charge >= 0.3 is 0 Å². The number of aromatic nitrogens is 1. The molecule has 1 aromatic rings. The molecule has 0 atom stereocenters. The first-order valence-electron chi connectivity index (χ1n) is 6.79. The summed E-state index contributed by atoms with van der Waals surface area (Å²) in [4.78, 5) is 18.0. The van der Waals surface area contributed by atoms with Crippen LogP contribution in [0, 0.1) is 0 Å².